The number of aliphatic hydroxyl groups excluding tert-OH is 2. The number of allylic oxidation sites excluding steroid dienone is 6. The molecule has 0 spiro atoms. The molecule has 3 saturated heterocycles. The highest BCUT2D eigenvalue weighted by Crippen LogP contribution is 2.38. The van der Waals surface area contributed by atoms with Crippen molar-refractivity contribution in [3.8, 4) is 0 Å². The van der Waals surface area contributed by atoms with Crippen LogP contribution in [0.3, 0.4) is 0 Å². The average molecular weight is 1040 g/mol. The van der Waals surface area contributed by atoms with Gasteiger partial charge in [0.1, 0.15) is 36.2 Å². The third kappa shape index (κ3) is 17.0. The minimum atomic E-state index is -2.48. The number of carbonyl (C=O) groups is 5. The van der Waals surface area contributed by atoms with Gasteiger partial charge in [0.25, 0.3) is 11.7 Å². The van der Waals surface area contributed by atoms with Crippen LogP contribution in [0.5, 0.6) is 0 Å². The van der Waals surface area contributed by atoms with Crippen LogP contribution in [0.2, 0.25) is 0 Å². The van der Waals surface area contributed by atoms with E-state index in [4.69, 9.17) is 37.9 Å². The number of cyclic esters (lactones) is 1. The van der Waals surface area contributed by atoms with Crippen LogP contribution in [0.15, 0.2) is 47.6 Å². The molecule has 16 atom stereocenters. The molecule has 74 heavy (non-hydrogen) atoms. The van der Waals surface area contributed by atoms with Gasteiger partial charge < -0.3 is 58.1 Å². The standard InChI is InChI=1S/C57H89NO16/c1-35-15-11-10-12-16-36(2)48(72-34-44-33-69-25-26-70-44)31-43-20-18-41(7)57(66,74-43)54(63)55(64)58-22-14-13-17-45(58)56(65)73-49(38(4)29-42-19-21-47(71-24-23-59)50(30-42)67-8)32-46(60)37(3)28-40(6)52(62)53(68-9)51(61)39(5)27-35/h10-12,15-16,28,35,37-39,41-45,47-50,52-53,59,62,66H,13-14,17-27,29-34H2,1-9H3/b12-10+,15-11+,36-16+,40-28+/t35-,37-,38?,39-,41-,42+,43+,44+,45+,47-,48-,49+,50-,52-,53+,57-/m1/s1. The Bertz CT molecular complexity index is 1960. The third-order valence-corrected chi connectivity index (χ3v) is 16.0. The first-order valence-corrected chi connectivity index (χ1v) is 27.3. The first-order valence-electron chi connectivity index (χ1n) is 27.3. The van der Waals surface area contributed by atoms with Gasteiger partial charge in [-0.3, -0.25) is 19.2 Å². The molecule has 4 aliphatic heterocycles. The number of amides is 1. The lowest BCUT2D eigenvalue weighted by molar-refractivity contribution is -0.266. The molecule has 1 saturated carbocycles. The zero-order chi connectivity index (χ0) is 54.1. The van der Waals surface area contributed by atoms with Gasteiger partial charge in [0.15, 0.2) is 5.78 Å². The number of nitrogens with zero attached hydrogens (tertiary/aromatic N) is 1. The molecule has 3 N–H and O–H groups in total. The quantitative estimate of drug-likeness (QED) is 0.123. The number of hydrogen-bond acceptors (Lipinski definition) is 16. The van der Waals surface area contributed by atoms with E-state index in [1.165, 1.54) is 12.0 Å². The first-order chi connectivity index (χ1) is 35.3. The predicted molar refractivity (Wildman–Crippen MR) is 275 cm³/mol. The van der Waals surface area contributed by atoms with Crippen molar-refractivity contribution >= 4 is 29.2 Å². The molecule has 4 heterocycles. The number of ether oxygens (including phenoxy) is 8. The summed E-state index contributed by atoms with van der Waals surface area (Å²) in [5, 5.41) is 33.1. The van der Waals surface area contributed by atoms with Crippen LogP contribution in [0, 0.1) is 35.5 Å². The zero-order valence-corrected chi connectivity index (χ0v) is 45.7. The Labute approximate surface area is 439 Å². The van der Waals surface area contributed by atoms with Crippen LogP contribution < -0.4 is 0 Å². The zero-order valence-electron chi connectivity index (χ0n) is 45.7. The lowest BCUT2D eigenvalue weighted by Crippen LogP contribution is -2.61. The molecule has 0 aromatic carbocycles. The van der Waals surface area contributed by atoms with Gasteiger partial charge in [0.05, 0.1) is 64.1 Å². The molecule has 17 heteroatoms. The van der Waals surface area contributed by atoms with Gasteiger partial charge in [-0.25, -0.2) is 4.79 Å². The second-order valence-electron chi connectivity index (χ2n) is 21.8. The van der Waals surface area contributed by atoms with Crippen LogP contribution in [0.4, 0.5) is 0 Å². The fourth-order valence-electron chi connectivity index (χ4n) is 11.3. The van der Waals surface area contributed by atoms with Gasteiger partial charge >= 0.3 is 5.97 Å². The van der Waals surface area contributed by atoms with Crippen molar-refractivity contribution in [3.05, 3.63) is 47.6 Å². The second kappa shape index (κ2) is 29.9. The van der Waals surface area contributed by atoms with Crippen molar-refractivity contribution in [3.63, 3.8) is 0 Å². The van der Waals surface area contributed by atoms with Gasteiger partial charge in [-0.15, -0.1) is 0 Å². The minimum Gasteiger partial charge on any atom is -0.460 e. The smallest absolute Gasteiger partial charge is 0.329 e. The summed E-state index contributed by atoms with van der Waals surface area (Å²) < 4.78 is 47.9. The van der Waals surface area contributed by atoms with E-state index in [1.807, 2.05) is 58.1 Å². The van der Waals surface area contributed by atoms with E-state index in [0.29, 0.717) is 76.8 Å². The Balaban J connectivity index is 1.47. The molecular formula is C57H89NO16. The van der Waals surface area contributed by atoms with E-state index in [9.17, 15) is 39.3 Å². The average Bonchev–Trinajstić information content (AvgIpc) is 3.39. The summed E-state index contributed by atoms with van der Waals surface area (Å²) in [6.45, 7) is 14.4. The summed E-state index contributed by atoms with van der Waals surface area (Å²) in [6.07, 6.45) is 11.3. The van der Waals surface area contributed by atoms with E-state index in [2.05, 4.69) is 0 Å². The molecule has 5 rings (SSSR count). The molecular weight excluding hydrogens is 955 g/mol. The highest BCUT2D eigenvalue weighted by atomic mass is 16.6. The first kappa shape index (κ1) is 61.4. The Morgan fingerprint density at radius 1 is 0.865 bits per heavy atom. The van der Waals surface area contributed by atoms with Crippen molar-refractivity contribution in [1.82, 2.24) is 4.90 Å². The summed E-state index contributed by atoms with van der Waals surface area (Å²) in [6, 6.07) is -1.17. The maximum atomic E-state index is 14.6. The Kier molecular flexibility index (Phi) is 24.8. The third-order valence-electron chi connectivity index (χ3n) is 16.0. The monoisotopic (exact) mass is 1040 g/mol. The van der Waals surface area contributed by atoms with Crippen molar-refractivity contribution in [2.75, 3.05) is 60.4 Å². The molecule has 1 amide bonds. The molecule has 0 aromatic heterocycles. The number of carbonyl (C=O) groups excluding carboxylic acids is 5. The highest BCUT2D eigenvalue weighted by Gasteiger charge is 2.53. The molecule has 17 nitrogen and oxygen atoms in total. The molecule has 1 unspecified atom stereocenters. The van der Waals surface area contributed by atoms with Crippen molar-refractivity contribution in [1.29, 1.82) is 0 Å². The Morgan fingerprint density at radius 3 is 2.34 bits per heavy atom. The number of esters is 1. The summed E-state index contributed by atoms with van der Waals surface area (Å²) in [5.74, 6) is -8.18. The normalized spacial score (nSPS) is 39.2. The SMILES string of the molecule is CO[C@@H]1C[C@H](CC(C)[C@@H]2CC(=O)[C@H](C)/C=C(\C)[C@@H](O)[C@@H](OC)C(=O)[C@H](C)C[C@H](C)/C=C/C=C/C=C(\C)[C@H](OC[C@@H]3COCCO3)C[C@@H]3CC[C@@H](C)[C@@](O)(O3)C(=O)C(=O)N3CCCC[C@H]3C(=O)O2)CC[C@H]1OCCO. The lowest BCUT2D eigenvalue weighted by Gasteiger charge is -2.43. The summed E-state index contributed by atoms with van der Waals surface area (Å²) in [7, 11) is 3.01. The van der Waals surface area contributed by atoms with Gasteiger partial charge in [0.2, 0.25) is 5.79 Å². The number of piperidine rings is 1. The molecule has 2 bridgehead atoms. The van der Waals surface area contributed by atoms with Crippen molar-refractivity contribution in [2.24, 2.45) is 35.5 Å². The molecule has 418 valence electrons. The van der Waals surface area contributed by atoms with Crippen LogP contribution in [0.1, 0.15) is 126 Å². The van der Waals surface area contributed by atoms with Gasteiger partial charge in [0, 0.05) is 51.4 Å². The maximum absolute atomic E-state index is 14.6. The number of ketones is 3. The summed E-state index contributed by atoms with van der Waals surface area (Å²) in [5.41, 5.74) is 1.23. The van der Waals surface area contributed by atoms with Crippen LogP contribution in [0.25, 0.3) is 0 Å². The van der Waals surface area contributed by atoms with Crippen LogP contribution in [-0.4, -0.2) is 171 Å². The highest BCUT2D eigenvalue weighted by molar-refractivity contribution is 6.39. The van der Waals surface area contributed by atoms with Crippen molar-refractivity contribution < 1.29 is 77.2 Å². The molecule has 0 radical (unpaired) electrons. The Morgan fingerprint density at radius 2 is 1.64 bits per heavy atom. The minimum absolute atomic E-state index is 0.0101. The van der Waals surface area contributed by atoms with E-state index in [0.717, 1.165) is 12.0 Å². The number of methoxy groups -OCH3 is 2. The van der Waals surface area contributed by atoms with Gasteiger partial charge in [-0.1, -0.05) is 71.1 Å². The topological polar surface area (TPSA) is 223 Å². The summed E-state index contributed by atoms with van der Waals surface area (Å²) in [4.78, 5) is 72.9. The van der Waals surface area contributed by atoms with Gasteiger partial charge in [-0.05, 0) is 107 Å². The predicted octanol–water partition coefficient (Wildman–Crippen LogP) is 5.98. The van der Waals surface area contributed by atoms with E-state index < -0.39 is 77.8 Å². The molecule has 4 fully saturated rings. The molecule has 1 aliphatic carbocycles. The number of rotatable bonds is 11. The van der Waals surface area contributed by atoms with E-state index in [-0.39, 0.29) is 93.3 Å². The van der Waals surface area contributed by atoms with Crippen LogP contribution in [-0.2, 0) is 61.9 Å². The van der Waals surface area contributed by atoms with Crippen LogP contribution >= 0.6 is 0 Å². The fraction of sp³-hybridized carbons (Fsp3) is 0.772. The second-order valence-corrected chi connectivity index (χ2v) is 21.8. The number of aliphatic hydroxyl groups is 3. The number of fused-ring (bicyclic) bond motifs is 3. The number of hydrogen-bond donors (Lipinski definition) is 3. The largest absolute Gasteiger partial charge is 0.460 e. The molecule has 5 aliphatic rings. The Hall–Kier alpha value is -3.49. The fourth-order valence-corrected chi connectivity index (χ4v) is 11.3. The maximum Gasteiger partial charge on any atom is 0.329 e. The van der Waals surface area contributed by atoms with E-state index >= 15 is 0 Å². The van der Waals surface area contributed by atoms with Crippen molar-refractivity contribution in [2.45, 2.75) is 186 Å². The van der Waals surface area contributed by atoms with E-state index in [1.54, 1.807) is 34.0 Å². The van der Waals surface area contributed by atoms with Gasteiger partial charge in [-0.2, -0.15) is 0 Å². The summed E-state index contributed by atoms with van der Waals surface area (Å²) >= 11 is 0. The molecule has 0 aromatic rings. The number of Topliss-reactive ketones (excluding diaryl/α,β-unsaturated/α-hetero) is 3. The lowest BCUT2D eigenvalue weighted by atomic mass is 9.78.